The number of allylic oxidation sites excluding steroid dienone is 2. The van der Waals surface area contributed by atoms with Gasteiger partial charge in [0, 0.05) is 16.5 Å². The minimum atomic E-state index is -0.613. The van der Waals surface area contributed by atoms with Crippen molar-refractivity contribution in [3.8, 4) is 11.3 Å². The van der Waals surface area contributed by atoms with E-state index in [1.54, 1.807) is 30.3 Å². The fourth-order valence-corrected chi connectivity index (χ4v) is 7.73. The molecule has 0 spiro atoms. The number of aryl methyl sites for hydroxylation is 2. The molecule has 2 saturated carbocycles. The third kappa shape index (κ3) is 4.06. The average molecular weight is 583 g/mol. The van der Waals surface area contributed by atoms with Gasteiger partial charge in [-0.25, -0.2) is 9.78 Å². The van der Waals surface area contributed by atoms with E-state index in [0.29, 0.717) is 45.2 Å². The fourth-order valence-electron chi connectivity index (χ4n) is 7.73. The second kappa shape index (κ2) is 9.81. The van der Waals surface area contributed by atoms with Crippen LogP contribution >= 0.6 is 0 Å². The molecule has 2 bridgehead atoms. The normalized spacial score (nSPS) is 26.1. The SMILES string of the molecule is Cc1ccc(C(=O)COC(=O)c2cc(-c3ccc(N4C(=O)C5C6C=CC(C7CC67)C5C4=O)cc3)nc3c(C)cccc23)cc1. The van der Waals surface area contributed by atoms with E-state index >= 15 is 0 Å². The largest absolute Gasteiger partial charge is 0.454 e. The van der Waals surface area contributed by atoms with Crippen molar-refractivity contribution in [3.63, 3.8) is 0 Å². The molecule has 6 unspecified atom stereocenters. The average Bonchev–Trinajstić information content (AvgIpc) is 3.82. The van der Waals surface area contributed by atoms with Gasteiger partial charge in [0.2, 0.25) is 11.8 Å². The standard InChI is InChI=1S/C37H30N2O5/c1-19-6-8-22(9-7-19)31(40)18-44-37(43)29-17-30(38-34-20(2)4-3-5-26(29)34)21-10-12-23(13-11-21)39-35(41)32-24-14-15-25(28-16-27(24)28)33(32)36(39)42/h3-15,17,24-25,27-28,32-33H,16,18H2,1-2H3. The van der Waals surface area contributed by atoms with Gasteiger partial charge in [-0.3, -0.25) is 19.3 Å². The number of hydrogen-bond donors (Lipinski definition) is 0. The van der Waals surface area contributed by atoms with Crippen LogP contribution in [0, 0.1) is 49.4 Å². The Kier molecular flexibility index (Phi) is 5.95. The molecule has 2 amide bonds. The Labute approximate surface area is 254 Å². The lowest BCUT2D eigenvalue weighted by molar-refractivity contribution is -0.124. The van der Waals surface area contributed by atoms with Gasteiger partial charge in [-0.1, -0.05) is 72.3 Å². The van der Waals surface area contributed by atoms with E-state index in [9.17, 15) is 19.2 Å². The van der Waals surface area contributed by atoms with Crippen molar-refractivity contribution >= 4 is 40.2 Å². The van der Waals surface area contributed by atoms with Crippen molar-refractivity contribution in [2.75, 3.05) is 11.5 Å². The lowest BCUT2D eigenvalue weighted by atomic mass is 9.63. The van der Waals surface area contributed by atoms with Crippen LogP contribution in [-0.2, 0) is 14.3 Å². The summed E-state index contributed by atoms with van der Waals surface area (Å²) in [5, 5.41) is 0.635. The van der Waals surface area contributed by atoms with Crippen molar-refractivity contribution in [1.82, 2.24) is 4.98 Å². The number of hydrogen-bond acceptors (Lipinski definition) is 6. The number of carbonyl (C=O) groups excluding carboxylic acids is 4. The second-order valence-corrected chi connectivity index (χ2v) is 12.6. The van der Waals surface area contributed by atoms with Crippen LogP contribution in [0.15, 0.2) is 84.9 Å². The summed E-state index contributed by atoms with van der Waals surface area (Å²) in [5.74, 6) is -0.144. The van der Waals surface area contributed by atoms with Crippen molar-refractivity contribution in [3.05, 3.63) is 107 Å². The zero-order valence-corrected chi connectivity index (χ0v) is 24.4. The van der Waals surface area contributed by atoms with Crippen LogP contribution in [-0.4, -0.2) is 35.2 Å². The van der Waals surface area contributed by atoms with Gasteiger partial charge in [-0.2, -0.15) is 0 Å². The number of rotatable bonds is 6. The number of esters is 1. The van der Waals surface area contributed by atoms with Crippen LogP contribution in [0.2, 0.25) is 0 Å². The van der Waals surface area contributed by atoms with Crippen LogP contribution < -0.4 is 4.90 Å². The van der Waals surface area contributed by atoms with Crippen LogP contribution in [0.25, 0.3) is 22.2 Å². The van der Waals surface area contributed by atoms with Crippen LogP contribution in [0.5, 0.6) is 0 Å². The summed E-state index contributed by atoms with van der Waals surface area (Å²) < 4.78 is 5.50. The predicted octanol–water partition coefficient (Wildman–Crippen LogP) is 6.12. The van der Waals surface area contributed by atoms with Crippen molar-refractivity contribution in [2.45, 2.75) is 20.3 Å². The summed E-state index contributed by atoms with van der Waals surface area (Å²) in [5.41, 5.74) is 5.20. The number of benzene rings is 3. The number of anilines is 1. The summed E-state index contributed by atoms with van der Waals surface area (Å²) >= 11 is 0. The van der Waals surface area contributed by atoms with Crippen LogP contribution in [0.4, 0.5) is 5.69 Å². The molecule has 9 rings (SSSR count). The van der Waals surface area contributed by atoms with Crippen molar-refractivity contribution in [1.29, 1.82) is 0 Å². The molecular weight excluding hydrogens is 552 g/mol. The Morgan fingerprint density at radius 1 is 0.864 bits per heavy atom. The fraction of sp³-hybridized carbons (Fsp3) is 0.270. The number of amides is 2. The van der Waals surface area contributed by atoms with Gasteiger partial charge in [0.1, 0.15) is 0 Å². The Morgan fingerprint density at radius 3 is 2.18 bits per heavy atom. The molecule has 7 nitrogen and oxygen atoms in total. The van der Waals surface area contributed by atoms with Crippen molar-refractivity contribution < 1.29 is 23.9 Å². The number of aromatic nitrogens is 1. The molecule has 6 atom stereocenters. The first-order chi connectivity index (χ1) is 21.3. The first-order valence-electron chi connectivity index (χ1n) is 15.1. The summed E-state index contributed by atoms with van der Waals surface area (Å²) in [6.07, 6.45) is 5.47. The number of imide groups is 1. The molecule has 1 aromatic heterocycles. The number of nitrogens with zero attached hydrogens (tertiary/aromatic N) is 2. The lowest BCUT2D eigenvalue weighted by Gasteiger charge is -2.37. The molecule has 1 aliphatic heterocycles. The highest BCUT2D eigenvalue weighted by Crippen LogP contribution is 2.65. The molecular formula is C37H30N2O5. The van der Waals surface area contributed by atoms with E-state index in [-0.39, 0.29) is 47.9 Å². The molecule has 7 heteroatoms. The van der Waals surface area contributed by atoms with Gasteiger partial charge in [-0.15, -0.1) is 0 Å². The van der Waals surface area contributed by atoms with E-state index in [1.807, 2.05) is 56.3 Å². The quantitative estimate of drug-likeness (QED) is 0.118. The summed E-state index contributed by atoms with van der Waals surface area (Å²) in [6, 6.07) is 21.6. The maximum absolute atomic E-state index is 13.6. The first kappa shape index (κ1) is 26.7. The third-order valence-electron chi connectivity index (χ3n) is 10.1. The zero-order valence-electron chi connectivity index (χ0n) is 24.4. The maximum Gasteiger partial charge on any atom is 0.339 e. The summed E-state index contributed by atoms with van der Waals surface area (Å²) in [4.78, 5) is 59.4. The second-order valence-electron chi connectivity index (χ2n) is 12.6. The lowest BCUT2D eigenvalue weighted by Crippen LogP contribution is -2.40. The Balaban J connectivity index is 1.07. The Bertz CT molecular complexity index is 1890. The third-order valence-corrected chi connectivity index (χ3v) is 10.1. The van der Waals surface area contributed by atoms with E-state index in [0.717, 1.165) is 23.1 Å². The molecule has 4 aromatic rings. The predicted molar refractivity (Wildman–Crippen MR) is 165 cm³/mol. The summed E-state index contributed by atoms with van der Waals surface area (Å²) in [6.45, 7) is 3.49. The number of ketones is 1. The smallest absolute Gasteiger partial charge is 0.339 e. The van der Waals surface area contributed by atoms with E-state index in [2.05, 4.69) is 12.2 Å². The maximum atomic E-state index is 13.6. The van der Waals surface area contributed by atoms with Gasteiger partial charge < -0.3 is 4.74 Å². The number of carbonyl (C=O) groups is 4. The van der Waals surface area contributed by atoms with Crippen LogP contribution in [0.1, 0.15) is 38.3 Å². The highest BCUT2D eigenvalue weighted by molar-refractivity contribution is 6.22. The number of ether oxygens (including phenoxy) is 1. The molecule has 218 valence electrons. The Hall–Kier alpha value is -4.91. The molecule has 1 saturated heterocycles. The van der Waals surface area contributed by atoms with Gasteiger partial charge in [0.25, 0.3) is 0 Å². The highest BCUT2D eigenvalue weighted by Gasteiger charge is 2.67. The minimum Gasteiger partial charge on any atom is -0.454 e. The molecule has 44 heavy (non-hydrogen) atoms. The number of fused-ring (bicyclic) bond motifs is 1. The molecule has 5 aliphatic rings. The molecule has 3 aromatic carbocycles. The van der Waals surface area contributed by atoms with Crippen LogP contribution in [0.3, 0.4) is 0 Å². The highest BCUT2D eigenvalue weighted by atomic mass is 16.5. The number of pyridine rings is 1. The molecule has 2 heterocycles. The summed E-state index contributed by atoms with van der Waals surface area (Å²) in [7, 11) is 0. The number of Topliss-reactive ketones (excluding diaryl/α,β-unsaturated/α-hetero) is 1. The van der Waals surface area contributed by atoms with E-state index < -0.39 is 5.97 Å². The monoisotopic (exact) mass is 582 g/mol. The molecule has 3 fully saturated rings. The minimum absolute atomic E-state index is 0.0953. The number of para-hydroxylation sites is 1. The molecule has 0 radical (unpaired) electrons. The van der Waals surface area contributed by atoms with Gasteiger partial charge in [0.05, 0.1) is 34.3 Å². The van der Waals surface area contributed by atoms with E-state index in [1.165, 1.54) is 4.90 Å². The van der Waals surface area contributed by atoms with Crippen molar-refractivity contribution in [2.24, 2.45) is 35.5 Å². The van der Waals surface area contributed by atoms with Gasteiger partial charge >= 0.3 is 5.97 Å². The topological polar surface area (TPSA) is 93.6 Å². The molecule has 4 aliphatic carbocycles. The van der Waals surface area contributed by atoms with E-state index in [4.69, 9.17) is 9.72 Å². The van der Waals surface area contributed by atoms with Gasteiger partial charge in [-0.05, 0) is 67.7 Å². The van der Waals surface area contributed by atoms with Gasteiger partial charge in [0.15, 0.2) is 12.4 Å². The zero-order chi connectivity index (χ0) is 30.3. The Morgan fingerprint density at radius 2 is 1.52 bits per heavy atom. The first-order valence-corrected chi connectivity index (χ1v) is 15.1. The molecule has 0 N–H and O–H groups in total.